The van der Waals surface area contributed by atoms with E-state index in [1.165, 1.54) is 6.42 Å². The highest BCUT2D eigenvalue weighted by atomic mass is 16.1. The summed E-state index contributed by atoms with van der Waals surface area (Å²) in [5.41, 5.74) is 0. The Morgan fingerprint density at radius 2 is 1.73 bits per heavy atom. The predicted octanol–water partition coefficient (Wildman–Crippen LogP) is 3.11. The molecule has 0 amide bonds. The van der Waals surface area contributed by atoms with Crippen LogP contribution in [0.1, 0.15) is 54.4 Å². The van der Waals surface area contributed by atoms with Gasteiger partial charge in [0.05, 0.1) is 6.04 Å². The second kappa shape index (κ2) is 7.00. The number of likely N-dealkylation sites (tertiary alicyclic amines) is 1. The van der Waals surface area contributed by atoms with Gasteiger partial charge in [-0.05, 0) is 33.2 Å². The summed E-state index contributed by atoms with van der Waals surface area (Å²) in [4.78, 5) is 14.2. The molecule has 15 heavy (non-hydrogen) atoms. The maximum Gasteiger partial charge on any atom is 0.152 e. The third kappa shape index (κ3) is 3.94. The molecule has 0 bridgehead atoms. The van der Waals surface area contributed by atoms with Crippen LogP contribution in [0.3, 0.4) is 0 Å². The van der Waals surface area contributed by atoms with Crippen LogP contribution in [0.15, 0.2) is 0 Å². The number of carbonyl (C=O) groups is 1. The van der Waals surface area contributed by atoms with Gasteiger partial charge in [-0.15, -0.1) is 0 Å². The van der Waals surface area contributed by atoms with Crippen molar-refractivity contribution >= 4 is 5.78 Å². The first-order valence-corrected chi connectivity index (χ1v) is 6.33. The first kappa shape index (κ1) is 14.6. The van der Waals surface area contributed by atoms with Crippen LogP contribution in [0, 0.1) is 5.92 Å². The van der Waals surface area contributed by atoms with Crippen molar-refractivity contribution in [2.45, 2.75) is 66.5 Å². The van der Waals surface area contributed by atoms with E-state index in [0.717, 1.165) is 13.0 Å². The number of hydrogen-bond acceptors (Lipinski definition) is 2. The molecule has 1 aliphatic heterocycles. The smallest absolute Gasteiger partial charge is 0.152 e. The van der Waals surface area contributed by atoms with Gasteiger partial charge in [-0.25, -0.2) is 0 Å². The normalized spacial score (nSPS) is 21.7. The van der Waals surface area contributed by atoms with E-state index >= 15 is 0 Å². The van der Waals surface area contributed by atoms with Crippen molar-refractivity contribution in [3.63, 3.8) is 0 Å². The average Bonchev–Trinajstić information content (AvgIpc) is 2.68. The summed E-state index contributed by atoms with van der Waals surface area (Å²) >= 11 is 0. The molecule has 1 fully saturated rings. The average molecular weight is 213 g/mol. The Bertz CT molecular complexity index is 187. The van der Waals surface area contributed by atoms with Crippen LogP contribution >= 0.6 is 0 Å². The Kier molecular flexibility index (Phi) is 6.82. The number of Topliss-reactive ketones (excluding diaryl/α,β-unsaturated/α-hetero) is 1. The molecule has 1 rings (SSSR count). The van der Waals surface area contributed by atoms with Crippen LogP contribution in [-0.2, 0) is 4.79 Å². The highest BCUT2D eigenvalue weighted by Gasteiger charge is 2.32. The van der Waals surface area contributed by atoms with Crippen molar-refractivity contribution in [1.82, 2.24) is 4.90 Å². The van der Waals surface area contributed by atoms with Gasteiger partial charge in [0.15, 0.2) is 5.78 Å². The predicted molar refractivity (Wildman–Crippen MR) is 66.1 cm³/mol. The van der Waals surface area contributed by atoms with Gasteiger partial charge >= 0.3 is 0 Å². The fourth-order valence-electron chi connectivity index (χ4n) is 2.10. The SMILES string of the molecule is CC.CC(C)C(=O)C1CCCN1C(C)C. The Labute approximate surface area is 95.0 Å². The second-order valence-corrected chi connectivity index (χ2v) is 4.55. The van der Waals surface area contributed by atoms with Crippen LogP contribution in [0.25, 0.3) is 0 Å². The zero-order chi connectivity index (χ0) is 12.0. The van der Waals surface area contributed by atoms with Gasteiger partial charge in [0.1, 0.15) is 0 Å². The van der Waals surface area contributed by atoms with E-state index in [1.807, 2.05) is 27.7 Å². The van der Waals surface area contributed by atoms with Crippen molar-refractivity contribution in [3.05, 3.63) is 0 Å². The van der Waals surface area contributed by atoms with Crippen LogP contribution in [0.2, 0.25) is 0 Å². The van der Waals surface area contributed by atoms with Crippen molar-refractivity contribution in [3.8, 4) is 0 Å². The van der Waals surface area contributed by atoms with E-state index in [4.69, 9.17) is 0 Å². The summed E-state index contributed by atoms with van der Waals surface area (Å²) in [6.07, 6.45) is 2.25. The number of hydrogen-bond donors (Lipinski definition) is 0. The minimum Gasteiger partial charge on any atom is -0.298 e. The van der Waals surface area contributed by atoms with Crippen LogP contribution in [-0.4, -0.2) is 29.3 Å². The monoisotopic (exact) mass is 213 g/mol. The van der Waals surface area contributed by atoms with Crippen molar-refractivity contribution < 1.29 is 4.79 Å². The standard InChI is InChI=1S/C11H21NO.C2H6/c1-8(2)11(13)10-6-5-7-12(10)9(3)4;1-2/h8-10H,5-7H2,1-4H3;1-2H3. The lowest BCUT2D eigenvalue weighted by Gasteiger charge is -2.28. The van der Waals surface area contributed by atoms with Gasteiger partial charge < -0.3 is 0 Å². The maximum atomic E-state index is 11.8. The molecule has 0 aromatic heterocycles. The van der Waals surface area contributed by atoms with E-state index in [-0.39, 0.29) is 12.0 Å². The summed E-state index contributed by atoms with van der Waals surface area (Å²) in [5.74, 6) is 0.607. The third-order valence-corrected chi connectivity index (χ3v) is 2.85. The second-order valence-electron chi connectivity index (χ2n) is 4.55. The summed E-state index contributed by atoms with van der Waals surface area (Å²) in [6.45, 7) is 13.4. The number of rotatable bonds is 3. The number of carbonyl (C=O) groups excluding carboxylic acids is 1. The molecule has 0 spiro atoms. The molecule has 1 aliphatic rings. The number of nitrogens with zero attached hydrogens (tertiary/aromatic N) is 1. The quantitative estimate of drug-likeness (QED) is 0.718. The topological polar surface area (TPSA) is 20.3 Å². The number of ketones is 1. The van der Waals surface area contributed by atoms with Crippen LogP contribution in [0.5, 0.6) is 0 Å². The van der Waals surface area contributed by atoms with Crippen molar-refractivity contribution in [2.75, 3.05) is 6.54 Å². The first-order chi connectivity index (χ1) is 7.04. The van der Waals surface area contributed by atoms with E-state index in [1.54, 1.807) is 0 Å². The molecule has 0 aromatic rings. The summed E-state index contributed by atoms with van der Waals surface area (Å²) in [5, 5.41) is 0. The first-order valence-electron chi connectivity index (χ1n) is 6.33. The van der Waals surface area contributed by atoms with Gasteiger partial charge in [-0.3, -0.25) is 9.69 Å². The Morgan fingerprint density at radius 1 is 1.20 bits per heavy atom. The highest BCUT2D eigenvalue weighted by Crippen LogP contribution is 2.22. The van der Waals surface area contributed by atoms with Crippen LogP contribution in [0.4, 0.5) is 0 Å². The fraction of sp³-hybridized carbons (Fsp3) is 0.923. The highest BCUT2D eigenvalue weighted by molar-refractivity contribution is 5.86. The third-order valence-electron chi connectivity index (χ3n) is 2.85. The lowest BCUT2D eigenvalue weighted by molar-refractivity contribution is -0.126. The van der Waals surface area contributed by atoms with Crippen LogP contribution < -0.4 is 0 Å². The molecular weight excluding hydrogens is 186 g/mol. The van der Waals surface area contributed by atoms with Gasteiger partial charge in [0.25, 0.3) is 0 Å². The zero-order valence-electron chi connectivity index (χ0n) is 11.2. The summed E-state index contributed by atoms with van der Waals surface area (Å²) < 4.78 is 0. The molecule has 0 aliphatic carbocycles. The molecule has 0 aromatic carbocycles. The van der Waals surface area contributed by atoms with E-state index < -0.39 is 0 Å². The Balaban J connectivity index is 0.000000921. The van der Waals surface area contributed by atoms with E-state index in [2.05, 4.69) is 18.7 Å². The molecule has 90 valence electrons. The largest absolute Gasteiger partial charge is 0.298 e. The summed E-state index contributed by atoms with van der Waals surface area (Å²) in [7, 11) is 0. The van der Waals surface area contributed by atoms with Gasteiger partial charge in [-0.1, -0.05) is 27.7 Å². The molecule has 0 N–H and O–H groups in total. The molecule has 0 radical (unpaired) electrons. The Hall–Kier alpha value is -0.370. The lowest BCUT2D eigenvalue weighted by atomic mass is 9.99. The maximum absolute atomic E-state index is 11.8. The minimum absolute atomic E-state index is 0.185. The van der Waals surface area contributed by atoms with Gasteiger partial charge in [0.2, 0.25) is 0 Å². The molecule has 1 atom stereocenters. The van der Waals surface area contributed by atoms with Crippen molar-refractivity contribution in [1.29, 1.82) is 0 Å². The van der Waals surface area contributed by atoms with E-state index in [0.29, 0.717) is 11.8 Å². The molecule has 2 heteroatoms. The molecule has 0 saturated carbocycles. The van der Waals surface area contributed by atoms with E-state index in [9.17, 15) is 4.79 Å². The lowest BCUT2D eigenvalue weighted by Crippen LogP contribution is -2.42. The fourth-order valence-corrected chi connectivity index (χ4v) is 2.10. The van der Waals surface area contributed by atoms with Crippen molar-refractivity contribution in [2.24, 2.45) is 5.92 Å². The molecule has 2 nitrogen and oxygen atoms in total. The van der Waals surface area contributed by atoms with Gasteiger partial charge in [0, 0.05) is 12.0 Å². The molecular formula is C13H27NO. The zero-order valence-corrected chi connectivity index (χ0v) is 11.2. The molecule has 1 saturated heterocycles. The Morgan fingerprint density at radius 3 is 2.13 bits per heavy atom. The molecule has 1 unspecified atom stereocenters. The summed E-state index contributed by atoms with van der Waals surface area (Å²) in [6, 6.07) is 0.718. The minimum atomic E-state index is 0.185. The molecule has 1 heterocycles. The van der Waals surface area contributed by atoms with Gasteiger partial charge in [-0.2, -0.15) is 0 Å².